The Morgan fingerprint density at radius 1 is 1.53 bits per heavy atom. The van der Waals surface area contributed by atoms with Crippen molar-refractivity contribution in [3.05, 3.63) is 0 Å². The van der Waals surface area contributed by atoms with Crippen molar-refractivity contribution in [1.29, 1.82) is 0 Å². The fraction of sp³-hybridized carbons (Fsp3) is 0.909. The Balaban J connectivity index is 2.43. The lowest BCUT2D eigenvalue weighted by Crippen LogP contribution is -2.46. The molecule has 0 aromatic carbocycles. The van der Waals surface area contributed by atoms with Gasteiger partial charge in [-0.15, -0.1) is 0 Å². The van der Waals surface area contributed by atoms with E-state index in [1.165, 1.54) is 12.8 Å². The van der Waals surface area contributed by atoms with Crippen molar-refractivity contribution >= 4 is 5.91 Å². The van der Waals surface area contributed by atoms with E-state index in [0.29, 0.717) is 6.04 Å². The third-order valence-corrected chi connectivity index (χ3v) is 3.23. The van der Waals surface area contributed by atoms with Crippen molar-refractivity contribution in [3.8, 4) is 0 Å². The average Bonchev–Trinajstić information content (AvgIpc) is 2.26. The minimum Gasteiger partial charge on any atom is -0.369 e. The van der Waals surface area contributed by atoms with E-state index < -0.39 is 0 Å². The Labute approximate surface area is 92.2 Å². The summed E-state index contributed by atoms with van der Waals surface area (Å²) in [5.41, 5.74) is 5.29. The van der Waals surface area contributed by atoms with Crippen molar-refractivity contribution in [2.45, 2.75) is 32.7 Å². The van der Waals surface area contributed by atoms with Gasteiger partial charge in [0.05, 0.1) is 0 Å². The number of hydrogen-bond donors (Lipinski definition) is 2. The van der Waals surface area contributed by atoms with Gasteiger partial charge in [-0.3, -0.25) is 9.69 Å². The number of nitrogens with two attached hydrogens (primary N) is 1. The number of carbonyl (C=O) groups is 1. The minimum atomic E-state index is -0.192. The maximum absolute atomic E-state index is 11.0. The molecule has 88 valence electrons. The molecule has 1 rings (SSSR count). The van der Waals surface area contributed by atoms with Crippen LogP contribution in [0.5, 0.6) is 0 Å². The Kier molecular flexibility index (Phi) is 5.05. The van der Waals surface area contributed by atoms with Gasteiger partial charge in [0.15, 0.2) is 0 Å². The number of piperidine rings is 1. The summed E-state index contributed by atoms with van der Waals surface area (Å²) in [5, 5.41) is 3.35. The topological polar surface area (TPSA) is 58.4 Å². The first-order valence-corrected chi connectivity index (χ1v) is 5.89. The molecule has 1 unspecified atom stereocenters. The van der Waals surface area contributed by atoms with Gasteiger partial charge in [-0.2, -0.15) is 0 Å². The average molecular weight is 213 g/mol. The molecule has 0 aromatic heterocycles. The number of rotatable bonds is 5. The number of nitrogens with one attached hydrogen (secondary N) is 1. The predicted molar refractivity (Wildman–Crippen MR) is 61.5 cm³/mol. The van der Waals surface area contributed by atoms with Crippen LogP contribution in [0.3, 0.4) is 0 Å². The van der Waals surface area contributed by atoms with Crippen molar-refractivity contribution in [3.63, 3.8) is 0 Å². The van der Waals surface area contributed by atoms with Crippen LogP contribution in [0.25, 0.3) is 0 Å². The summed E-state index contributed by atoms with van der Waals surface area (Å²) in [6.45, 7) is 8.04. The van der Waals surface area contributed by atoms with Crippen molar-refractivity contribution in [1.82, 2.24) is 10.2 Å². The van der Waals surface area contributed by atoms with E-state index in [0.717, 1.165) is 26.2 Å². The molecular weight excluding hydrogens is 190 g/mol. The molecular formula is C11H23N3O. The Hall–Kier alpha value is -0.610. The largest absolute Gasteiger partial charge is 0.369 e. The molecule has 0 aliphatic carbocycles. The highest BCUT2D eigenvalue weighted by molar-refractivity contribution is 5.76. The summed E-state index contributed by atoms with van der Waals surface area (Å²) >= 11 is 0. The van der Waals surface area contributed by atoms with Gasteiger partial charge >= 0.3 is 0 Å². The zero-order valence-corrected chi connectivity index (χ0v) is 9.83. The highest BCUT2D eigenvalue weighted by Crippen LogP contribution is 2.13. The SMILES string of the molecule is CCN(CC(C)C(N)=O)C1CCNCC1. The first-order valence-electron chi connectivity index (χ1n) is 5.89. The Bertz CT molecular complexity index is 202. The lowest BCUT2D eigenvalue weighted by molar-refractivity contribution is -0.122. The molecule has 1 aliphatic heterocycles. The summed E-state index contributed by atoms with van der Waals surface area (Å²) in [6, 6.07) is 0.623. The van der Waals surface area contributed by atoms with Crippen LogP contribution < -0.4 is 11.1 Å². The molecule has 0 spiro atoms. The maximum Gasteiger partial charge on any atom is 0.221 e. The quantitative estimate of drug-likeness (QED) is 0.685. The van der Waals surface area contributed by atoms with Crippen LogP contribution in [0.2, 0.25) is 0 Å². The van der Waals surface area contributed by atoms with Crippen LogP contribution >= 0.6 is 0 Å². The first kappa shape index (κ1) is 12.5. The van der Waals surface area contributed by atoms with Gasteiger partial charge in [-0.05, 0) is 32.5 Å². The van der Waals surface area contributed by atoms with Gasteiger partial charge in [-0.1, -0.05) is 13.8 Å². The lowest BCUT2D eigenvalue weighted by Gasteiger charge is -2.34. The molecule has 0 aromatic rings. The highest BCUT2D eigenvalue weighted by Gasteiger charge is 2.22. The molecule has 1 amide bonds. The van der Waals surface area contributed by atoms with Crippen LogP contribution in [0.1, 0.15) is 26.7 Å². The van der Waals surface area contributed by atoms with Crippen LogP contribution in [0, 0.1) is 5.92 Å². The second-order valence-electron chi connectivity index (χ2n) is 4.37. The van der Waals surface area contributed by atoms with Crippen LogP contribution in [0.15, 0.2) is 0 Å². The minimum absolute atomic E-state index is 0.0418. The Morgan fingerprint density at radius 3 is 2.60 bits per heavy atom. The molecule has 1 aliphatic rings. The van der Waals surface area contributed by atoms with E-state index >= 15 is 0 Å². The van der Waals surface area contributed by atoms with Gasteiger partial charge < -0.3 is 11.1 Å². The van der Waals surface area contributed by atoms with Gasteiger partial charge in [-0.25, -0.2) is 0 Å². The molecule has 0 radical (unpaired) electrons. The smallest absolute Gasteiger partial charge is 0.221 e. The second kappa shape index (κ2) is 6.08. The highest BCUT2D eigenvalue weighted by atomic mass is 16.1. The summed E-state index contributed by atoms with van der Waals surface area (Å²) < 4.78 is 0. The van der Waals surface area contributed by atoms with E-state index in [1.807, 2.05) is 6.92 Å². The van der Waals surface area contributed by atoms with Crippen LogP contribution in [-0.2, 0) is 4.79 Å². The third-order valence-electron chi connectivity index (χ3n) is 3.23. The summed E-state index contributed by atoms with van der Waals surface area (Å²) in [4.78, 5) is 13.4. The van der Waals surface area contributed by atoms with E-state index in [1.54, 1.807) is 0 Å². The number of carbonyl (C=O) groups excluding carboxylic acids is 1. The van der Waals surface area contributed by atoms with E-state index in [9.17, 15) is 4.79 Å². The van der Waals surface area contributed by atoms with E-state index in [-0.39, 0.29) is 11.8 Å². The molecule has 1 fully saturated rings. The molecule has 1 saturated heterocycles. The van der Waals surface area contributed by atoms with Crippen LogP contribution in [0.4, 0.5) is 0 Å². The standard InChI is InChI=1S/C11H23N3O/c1-3-14(8-9(2)11(12)15)10-4-6-13-7-5-10/h9-10,13H,3-8H2,1-2H3,(H2,12,15). The molecule has 1 atom stereocenters. The van der Waals surface area contributed by atoms with Gasteiger partial charge in [0.1, 0.15) is 0 Å². The summed E-state index contributed by atoms with van der Waals surface area (Å²) in [5.74, 6) is -0.234. The normalized spacial score (nSPS) is 20.5. The fourth-order valence-electron chi connectivity index (χ4n) is 2.15. The number of hydrogen-bond acceptors (Lipinski definition) is 3. The fourth-order valence-corrected chi connectivity index (χ4v) is 2.15. The summed E-state index contributed by atoms with van der Waals surface area (Å²) in [6.07, 6.45) is 2.36. The number of primary amides is 1. The molecule has 4 heteroatoms. The zero-order chi connectivity index (χ0) is 11.3. The van der Waals surface area contributed by atoms with E-state index in [4.69, 9.17) is 5.73 Å². The molecule has 1 heterocycles. The van der Waals surface area contributed by atoms with Crippen LogP contribution in [-0.4, -0.2) is 43.0 Å². The molecule has 15 heavy (non-hydrogen) atoms. The van der Waals surface area contributed by atoms with Crippen molar-refractivity contribution in [2.75, 3.05) is 26.2 Å². The van der Waals surface area contributed by atoms with Crippen molar-refractivity contribution in [2.24, 2.45) is 11.7 Å². The number of amides is 1. The molecule has 4 nitrogen and oxygen atoms in total. The molecule has 0 saturated carbocycles. The van der Waals surface area contributed by atoms with Gasteiger partial charge in [0.25, 0.3) is 0 Å². The third kappa shape index (κ3) is 3.80. The maximum atomic E-state index is 11.0. The monoisotopic (exact) mass is 213 g/mol. The zero-order valence-electron chi connectivity index (χ0n) is 9.83. The lowest BCUT2D eigenvalue weighted by atomic mass is 10.0. The summed E-state index contributed by atoms with van der Waals surface area (Å²) in [7, 11) is 0. The molecule has 0 bridgehead atoms. The number of nitrogens with zero attached hydrogens (tertiary/aromatic N) is 1. The second-order valence-corrected chi connectivity index (χ2v) is 4.37. The predicted octanol–water partition coefficient (Wildman–Crippen LogP) is 0.182. The first-order chi connectivity index (χ1) is 7.15. The van der Waals surface area contributed by atoms with Gasteiger partial charge in [0, 0.05) is 18.5 Å². The van der Waals surface area contributed by atoms with Gasteiger partial charge in [0.2, 0.25) is 5.91 Å². The Morgan fingerprint density at radius 2 is 2.13 bits per heavy atom. The molecule has 3 N–H and O–H groups in total. The van der Waals surface area contributed by atoms with Crippen molar-refractivity contribution < 1.29 is 4.79 Å². The van der Waals surface area contributed by atoms with E-state index in [2.05, 4.69) is 17.1 Å².